The fourth-order valence-electron chi connectivity index (χ4n) is 3.49. The number of nitrogens with one attached hydrogen (secondary N) is 1. The molecule has 32 heavy (non-hydrogen) atoms. The average molecular weight is 432 g/mol. The Bertz CT molecular complexity index is 1100. The van der Waals surface area contributed by atoms with Crippen LogP contribution in [0.5, 0.6) is 17.2 Å². The van der Waals surface area contributed by atoms with Crippen LogP contribution in [0, 0.1) is 0 Å². The van der Waals surface area contributed by atoms with Crippen LogP contribution in [0.2, 0.25) is 0 Å². The Hall–Kier alpha value is -4.00. The second kappa shape index (κ2) is 9.87. The van der Waals surface area contributed by atoms with Crippen molar-refractivity contribution >= 4 is 23.2 Å². The Balaban J connectivity index is 1.43. The van der Waals surface area contributed by atoms with Gasteiger partial charge in [0, 0.05) is 12.2 Å². The minimum absolute atomic E-state index is 0.000242. The maximum absolute atomic E-state index is 12.5. The van der Waals surface area contributed by atoms with Gasteiger partial charge in [0.05, 0.1) is 12.8 Å². The molecule has 1 aliphatic heterocycles. The number of benzene rings is 3. The molecule has 1 N–H and O–H groups in total. The first-order valence-corrected chi connectivity index (χ1v) is 10.3. The lowest BCUT2D eigenvalue weighted by Crippen LogP contribution is -2.40. The first kappa shape index (κ1) is 21.2. The number of rotatable bonds is 8. The van der Waals surface area contributed by atoms with E-state index in [1.807, 2.05) is 36.4 Å². The monoisotopic (exact) mass is 432 g/mol. The van der Waals surface area contributed by atoms with Crippen molar-refractivity contribution in [2.75, 3.05) is 37.1 Å². The lowest BCUT2D eigenvalue weighted by atomic mass is 10.1. The quantitative estimate of drug-likeness (QED) is 0.588. The van der Waals surface area contributed by atoms with Gasteiger partial charge in [0.25, 0.3) is 11.8 Å². The molecule has 0 unspecified atom stereocenters. The van der Waals surface area contributed by atoms with Crippen molar-refractivity contribution in [1.29, 1.82) is 0 Å². The average Bonchev–Trinajstić information content (AvgIpc) is 2.83. The van der Waals surface area contributed by atoms with Gasteiger partial charge in [0.1, 0.15) is 5.75 Å². The molecular weight excluding hydrogens is 408 g/mol. The molecule has 3 aromatic rings. The number of para-hydroxylation sites is 2. The molecule has 7 nitrogen and oxygen atoms in total. The number of amides is 2. The smallest absolute Gasteiger partial charge is 0.265 e. The van der Waals surface area contributed by atoms with Crippen LogP contribution in [0.15, 0.2) is 72.8 Å². The summed E-state index contributed by atoms with van der Waals surface area (Å²) in [5.41, 5.74) is 2.34. The Morgan fingerprint density at radius 1 is 1.03 bits per heavy atom. The summed E-state index contributed by atoms with van der Waals surface area (Å²) < 4.78 is 16.4. The first-order valence-electron chi connectivity index (χ1n) is 10.3. The number of nitrogens with zero attached hydrogens (tertiary/aromatic N) is 1. The van der Waals surface area contributed by atoms with Gasteiger partial charge in [-0.25, -0.2) is 0 Å². The highest BCUT2D eigenvalue weighted by atomic mass is 16.5. The Labute approximate surface area is 186 Å². The van der Waals surface area contributed by atoms with Gasteiger partial charge in [0.15, 0.2) is 24.7 Å². The van der Waals surface area contributed by atoms with Gasteiger partial charge < -0.3 is 24.4 Å². The molecule has 0 aliphatic carbocycles. The predicted molar refractivity (Wildman–Crippen MR) is 122 cm³/mol. The lowest BCUT2D eigenvalue weighted by molar-refractivity contribution is -0.121. The third-order valence-electron chi connectivity index (χ3n) is 5.08. The van der Waals surface area contributed by atoms with Gasteiger partial charge in [-0.15, -0.1) is 0 Å². The maximum atomic E-state index is 12.5. The summed E-state index contributed by atoms with van der Waals surface area (Å²) in [6, 6.07) is 22.4. The molecule has 0 saturated carbocycles. The van der Waals surface area contributed by atoms with Gasteiger partial charge in [-0.05, 0) is 42.3 Å². The van der Waals surface area contributed by atoms with Crippen LogP contribution in [-0.2, 0) is 16.0 Å². The van der Waals surface area contributed by atoms with E-state index in [0.29, 0.717) is 35.2 Å². The van der Waals surface area contributed by atoms with E-state index in [0.717, 1.165) is 12.0 Å². The normalized spacial score (nSPS) is 12.5. The number of carbonyl (C=O) groups is 2. The second-order valence-electron chi connectivity index (χ2n) is 7.24. The molecule has 0 saturated heterocycles. The molecule has 0 spiro atoms. The minimum Gasteiger partial charge on any atom is -0.493 e. The van der Waals surface area contributed by atoms with E-state index in [1.165, 1.54) is 0 Å². The number of carbonyl (C=O) groups excluding carboxylic acids is 2. The fraction of sp³-hybridized carbons (Fsp3) is 0.200. The van der Waals surface area contributed by atoms with Crippen LogP contribution in [0.3, 0.4) is 0 Å². The van der Waals surface area contributed by atoms with Crippen molar-refractivity contribution in [1.82, 2.24) is 0 Å². The zero-order valence-electron chi connectivity index (χ0n) is 17.7. The van der Waals surface area contributed by atoms with E-state index in [2.05, 4.69) is 5.32 Å². The van der Waals surface area contributed by atoms with E-state index < -0.39 is 0 Å². The topological polar surface area (TPSA) is 77.1 Å². The summed E-state index contributed by atoms with van der Waals surface area (Å²) in [5, 5.41) is 2.81. The molecule has 0 bridgehead atoms. The van der Waals surface area contributed by atoms with E-state index >= 15 is 0 Å². The van der Waals surface area contributed by atoms with Gasteiger partial charge in [-0.2, -0.15) is 0 Å². The van der Waals surface area contributed by atoms with Crippen molar-refractivity contribution in [3.63, 3.8) is 0 Å². The van der Waals surface area contributed by atoms with Crippen LogP contribution in [0.1, 0.15) is 5.56 Å². The zero-order valence-corrected chi connectivity index (χ0v) is 17.7. The van der Waals surface area contributed by atoms with Crippen LogP contribution in [0.25, 0.3) is 0 Å². The Morgan fingerprint density at radius 2 is 1.78 bits per heavy atom. The summed E-state index contributed by atoms with van der Waals surface area (Å²) in [6.45, 7) is 0.346. The standard InChI is InChI=1S/C25H24N2O5/c1-30-22-9-5-6-10-23(22)31-16-24(28)26-19-11-12-21-20(15-19)27(25(29)17-32-21)14-13-18-7-3-2-4-8-18/h2-12,15H,13-14,16-17H2,1H3,(H,26,28). The largest absolute Gasteiger partial charge is 0.493 e. The molecule has 4 rings (SSSR count). The van der Waals surface area contributed by atoms with Crippen LogP contribution < -0.4 is 24.4 Å². The molecule has 3 aromatic carbocycles. The summed E-state index contributed by atoms with van der Waals surface area (Å²) in [7, 11) is 1.54. The third kappa shape index (κ3) is 5.00. The SMILES string of the molecule is COc1ccccc1OCC(=O)Nc1ccc2c(c1)N(CCc1ccccc1)C(=O)CO2. The van der Waals surface area contributed by atoms with E-state index in [1.54, 1.807) is 48.4 Å². The number of hydrogen-bond donors (Lipinski definition) is 1. The molecule has 0 radical (unpaired) electrons. The molecule has 1 heterocycles. The first-order chi connectivity index (χ1) is 15.6. The molecule has 2 amide bonds. The molecule has 0 atom stereocenters. The van der Waals surface area contributed by atoms with Gasteiger partial charge in [-0.1, -0.05) is 42.5 Å². The molecule has 0 fully saturated rings. The summed E-state index contributed by atoms with van der Waals surface area (Å²) in [4.78, 5) is 26.6. The van der Waals surface area contributed by atoms with E-state index in [9.17, 15) is 9.59 Å². The Kier molecular flexibility index (Phi) is 6.55. The highest BCUT2D eigenvalue weighted by Gasteiger charge is 2.25. The van der Waals surface area contributed by atoms with Gasteiger partial charge in [-0.3, -0.25) is 9.59 Å². The summed E-state index contributed by atoms with van der Waals surface area (Å²) in [5.74, 6) is 1.22. The van der Waals surface area contributed by atoms with Crippen molar-refractivity contribution in [2.24, 2.45) is 0 Å². The number of anilines is 2. The van der Waals surface area contributed by atoms with Crippen molar-refractivity contribution in [3.8, 4) is 17.2 Å². The van der Waals surface area contributed by atoms with Crippen molar-refractivity contribution < 1.29 is 23.8 Å². The lowest BCUT2D eigenvalue weighted by Gasteiger charge is -2.30. The zero-order chi connectivity index (χ0) is 22.3. The minimum atomic E-state index is -0.324. The predicted octanol–water partition coefficient (Wildman–Crippen LogP) is 3.68. The second-order valence-corrected chi connectivity index (χ2v) is 7.24. The van der Waals surface area contributed by atoms with Gasteiger partial charge >= 0.3 is 0 Å². The van der Waals surface area contributed by atoms with Crippen molar-refractivity contribution in [2.45, 2.75) is 6.42 Å². The Morgan fingerprint density at radius 3 is 2.56 bits per heavy atom. The maximum Gasteiger partial charge on any atom is 0.265 e. The highest BCUT2D eigenvalue weighted by molar-refractivity contribution is 5.99. The van der Waals surface area contributed by atoms with Crippen LogP contribution >= 0.6 is 0 Å². The highest BCUT2D eigenvalue weighted by Crippen LogP contribution is 2.34. The van der Waals surface area contributed by atoms with Crippen LogP contribution in [-0.4, -0.2) is 38.7 Å². The summed E-state index contributed by atoms with van der Waals surface area (Å²) in [6.07, 6.45) is 0.718. The fourth-order valence-corrected chi connectivity index (χ4v) is 3.49. The molecule has 0 aromatic heterocycles. The van der Waals surface area contributed by atoms with Gasteiger partial charge in [0.2, 0.25) is 0 Å². The molecule has 164 valence electrons. The molecule has 1 aliphatic rings. The number of methoxy groups -OCH3 is 1. The van der Waals surface area contributed by atoms with Crippen LogP contribution in [0.4, 0.5) is 11.4 Å². The number of ether oxygens (including phenoxy) is 3. The molecular formula is C25H24N2O5. The molecule has 7 heteroatoms. The van der Waals surface area contributed by atoms with Crippen molar-refractivity contribution in [3.05, 3.63) is 78.4 Å². The summed E-state index contributed by atoms with van der Waals surface area (Å²) >= 11 is 0. The third-order valence-corrected chi connectivity index (χ3v) is 5.08. The number of fused-ring (bicyclic) bond motifs is 1. The van der Waals surface area contributed by atoms with E-state index in [4.69, 9.17) is 14.2 Å². The number of hydrogen-bond acceptors (Lipinski definition) is 5. The van der Waals surface area contributed by atoms with E-state index in [-0.39, 0.29) is 25.0 Å².